The molecular weight excluding hydrogens is 293 g/mol. The Bertz CT molecular complexity index is 612. The summed E-state index contributed by atoms with van der Waals surface area (Å²) in [5.41, 5.74) is 1.61. The summed E-state index contributed by atoms with van der Waals surface area (Å²) in [6, 6.07) is 7.44. The van der Waals surface area contributed by atoms with E-state index in [1.54, 1.807) is 6.07 Å². The first kappa shape index (κ1) is 15.1. The highest BCUT2D eigenvalue weighted by atomic mass is 35.5. The summed E-state index contributed by atoms with van der Waals surface area (Å²) >= 11 is 12.4. The lowest BCUT2D eigenvalue weighted by Crippen LogP contribution is -2.06. The molecule has 1 heterocycles. The van der Waals surface area contributed by atoms with Gasteiger partial charge in [-0.3, -0.25) is 0 Å². The lowest BCUT2D eigenvalue weighted by Gasteiger charge is -2.12. The van der Waals surface area contributed by atoms with Crippen LogP contribution >= 0.6 is 23.2 Å². The van der Waals surface area contributed by atoms with Gasteiger partial charge in [-0.05, 0) is 13.0 Å². The van der Waals surface area contributed by atoms with Crippen molar-refractivity contribution in [2.24, 2.45) is 0 Å². The van der Waals surface area contributed by atoms with Gasteiger partial charge in [0.15, 0.2) is 0 Å². The number of nitrogens with one attached hydrogen (secondary N) is 1. The van der Waals surface area contributed by atoms with Crippen molar-refractivity contribution >= 4 is 29.0 Å². The van der Waals surface area contributed by atoms with Crippen LogP contribution in [-0.4, -0.2) is 16.5 Å². The summed E-state index contributed by atoms with van der Waals surface area (Å²) in [5, 5.41) is 4.27. The zero-order valence-corrected chi connectivity index (χ0v) is 13.3. The smallest absolute Gasteiger partial charge is 0.133 e. The Kier molecular flexibility index (Phi) is 4.84. The Hall–Kier alpha value is -1.32. The van der Waals surface area contributed by atoms with E-state index < -0.39 is 0 Å². The maximum atomic E-state index is 6.28. The largest absolute Gasteiger partial charge is 0.370 e. The molecule has 0 radical (unpaired) electrons. The first-order valence-corrected chi connectivity index (χ1v) is 7.35. The van der Waals surface area contributed by atoms with Crippen LogP contribution in [-0.2, 0) is 0 Å². The van der Waals surface area contributed by atoms with Gasteiger partial charge in [-0.15, -0.1) is 0 Å². The van der Waals surface area contributed by atoms with Gasteiger partial charge in [-0.1, -0.05) is 49.2 Å². The monoisotopic (exact) mass is 309 g/mol. The summed E-state index contributed by atoms with van der Waals surface area (Å²) in [6.45, 7) is 6.96. The fraction of sp³-hybridized carbons (Fsp3) is 0.333. The molecule has 3 nitrogen and oxygen atoms in total. The number of nitrogens with zero attached hydrogens (tertiary/aromatic N) is 2. The Labute approximate surface area is 129 Å². The van der Waals surface area contributed by atoms with Crippen LogP contribution in [0, 0.1) is 0 Å². The molecule has 2 rings (SSSR count). The molecule has 0 bridgehead atoms. The third-order valence-corrected chi connectivity index (χ3v) is 3.66. The normalized spacial score (nSPS) is 10.9. The molecule has 0 saturated heterocycles. The predicted molar refractivity (Wildman–Crippen MR) is 85.7 cm³/mol. The molecule has 0 aliphatic carbocycles. The van der Waals surface area contributed by atoms with Crippen molar-refractivity contribution < 1.29 is 0 Å². The van der Waals surface area contributed by atoms with E-state index in [9.17, 15) is 0 Å². The van der Waals surface area contributed by atoms with Crippen molar-refractivity contribution in [2.75, 3.05) is 11.9 Å². The fourth-order valence-electron chi connectivity index (χ4n) is 1.84. The van der Waals surface area contributed by atoms with E-state index in [1.807, 2.05) is 25.1 Å². The van der Waals surface area contributed by atoms with Crippen LogP contribution < -0.4 is 5.32 Å². The Morgan fingerprint density at radius 1 is 1.20 bits per heavy atom. The SMILES string of the molecule is CCNc1cc(-c2cccc(Cl)c2Cl)nc(C(C)C)n1. The highest BCUT2D eigenvalue weighted by Gasteiger charge is 2.13. The van der Waals surface area contributed by atoms with Crippen LogP contribution in [0.5, 0.6) is 0 Å². The number of hydrogen-bond acceptors (Lipinski definition) is 3. The van der Waals surface area contributed by atoms with Gasteiger partial charge in [-0.2, -0.15) is 0 Å². The molecule has 20 heavy (non-hydrogen) atoms. The van der Waals surface area contributed by atoms with E-state index in [0.29, 0.717) is 10.0 Å². The molecule has 0 saturated carbocycles. The van der Waals surface area contributed by atoms with Crippen molar-refractivity contribution in [1.29, 1.82) is 0 Å². The second kappa shape index (κ2) is 6.42. The molecule has 0 fully saturated rings. The summed E-state index contributed by atoms with van der Waals surface area (Å²) < 4.78 is 0. The zero-order valence-electron chi connectivity index (χ0n) is 11.7. The summed E-state index contributed by atoms with van der Waals surface area (Å²) in [4.78, 5) is 9.10. The highest BCUT2D eigenvalue weighted by Crippen LogP contribution is 2.33. The number of rotatable bonds is 4. The van der Waals surface area contributed by atoms with Crippen LogP contribution in [0.3, 0.4) is 0 Å². The molecule has 0 atom stereocenters. The topological polar surface area (TPSA) is 37.8 Å². The first-order chi connectivity index (χ1) is 9.52. The van der Waals surface area contributed by atoms with Crippen LogP contribution in [0.1, 0.15) is 32.5 Å². The number of hydrogen-bond donors (Lipinski definition) is 1. The van der Waals surface area contributed by atoms with Crippen molar-refractivity contribution in [1.82, 2.24) is 9.97 Å². The van der Waals surface area contributed by atoms with Gasteiger partial charge in [0.25, 0.3) is 0 Å². The predicted octanol–water partition coefficient (Wildman–Crippen LogP) is 5.01. The third-order valence-electron chi connectivity index (χ3n) is 2.85. The Morgan fingerprint density at radius 3 is 2.60 bits per heavy atom. The minimum Gasteiger partial charge on any atom is -0.370 e. The fourth-order valence-corrected chi connectivity index (χ4v) is 2.23. The van der Waals surface area contributed by atoms with Crippen LogP contribution in [0.25, 0.3) is 11.3 Å². The minimum absolute atomic E-state index is 0.241. The second-order valence-corrected chi connectivity index (χ2v) is 5.57. The van der Waals surface area contributed by atoms with Crippen molar-refractivity contribution in [3.63, 3.8) is 0 Å². The molecule has 0 spiro atoms. The van der Waals surface area contributed by atoms with E-state index in [2.05, 4.69) is 29.1 Å². The van der Waals surface area contributed by atoms with Gasteiger partial charge >= 0.3 is 0 Å². The standard InChI is InChI=1S/C15H17Cl2N3/c1-4-18-13-8-12(19-15(20-13)9(2)3)10-6-5-7-11(16)14(10)17/h5-9H,4H2,1-3H3,(H,18,19,20). The molecule has 2 aromatic rings. The summed E-state index contributed by atoms with van der Waals surface area (Å²) in [6.07, 6.45) is 0. The highest BCUT2D eigenvalue weighted by molar-refractivity contribution is 6.43. The van der Waals surface area contributed by atoms with Gasteiger partial charge in [-0.25, -0.2) is 9.97 Å². The molecule has 1 aromatic carbocycles. The maximum absolute atomic E-state index is 6.28. The average Bonchev–Trinajstić information content (AvgIpc) is 2.42. The maximum Gasteiger partial charge on any atom is 0.133 e. The third kappa shape index (κ3) is 3.22. The average molecular weight is 310 g/mol. The van der Waals surface area contributed by atoms with Crippen molar-refractivity contribution in [3.8, 4) is 11.3 Å². The van der Waals surface area contributed by atoms with Crippen LogP contribution in [0.15, 0.2) is 24.3 Å². The molecule has 5 heteroatoms. The van der Waals surface area contributed by atoms with E-state index in [0.717, 1.165) is 29.4 Å². The zero-order chi connectivity index (χ0) is 14.7. The Morgan fingerprint density at radius 2 is 1.95 bits per heavy atom. The number of benzene rings is 1. The van der Waals surface area contributed by atoms with E-state index in [4.69, 9.17) is 23.2 Å². The number of halogens is 2. The van der Waals surface area contributed by atoms with Crippen LogP contribution in [0.2, 0.25) is 10.0 Å². The van der Waals surface area contributed by atoms with Gasteiger partial charge in [0.2, 0.25) is 0 Å². The lowest BCUT2D eigenvalue weighted by atomic mass is 10.1. The van der Waals surface area contributed by atoms with E-state index in [-0.39, 0.29) is 5.92 Å². The second-order valence-electron chi connectivity index (χ2n) is 4.78. The molecular formula is C15H17Cl2N3. The molecule has 0 amide bonds. The van der Waals surface area contributed by atoms with Crippen molar-refractivity contribution in [3.05, 3.63) is 40.1 Å². The van der Waals surface area contributed by atoms with Crippen LogP contribution in [0.4, 0.5) is 5.82 Å². The summed E-state index contributed by atoms with van der Waals surface area (Å²) in [7, 11) is 0. The summed E-state index contributed by atoms with van der Waals surface area (Å²) in [5.74, 6) is 1.83. The Balaban J connectivity index is 2.57. The van der Waals surface area contributed by atoms with Gasteiger partial charge in [0.05, 0.1) is 15.7 Å². The van der Waals surface area contributed by atoms with E-state index >= 15 is 0 Å². The van der Waals surface area contributed by atoms with E-state index in [1.165, 1.54) is 0 Å². The number of aromatic nitrogens is 2. The molecule has 1 aromatic heterocycles. The minimum atomic E-state index is 0.241. The van der Waals surface area contributed by atoms with Crippen molar-refractivity contribution in [2.45, 2.75) is 26.7 Å². The molecule has 0 unspecified atom stereocenters. The molecule has 0 aliphatic heterocycles. The van der Waals surface area contributed by atoms with Gasteiger partial charge in [0.1, 0.15) is 11.6 Å². The molecule has 0 aliphatic rings. The first-order valence-electron chi connectivity index (χ1n) is 6.60. The number of anilines is 1. The lowest BCUT2D eigenvalue weighted by molar-refractivity contribution is 0.776. The molecule has 106 valence electrons. The van der Waals surface area contributed by atoms with Gasteiger partial charge < -0.3 is 5.32 Å². The molecule has 1 N–H and O–H groups in total. The van der Waals surface area contributed by atoms with Gasteiger partial charge in [0, 0.05) is 24.1 Å². The quantitative estimate of drug-likeness (QED) is 0.863.